The van der Waals surface area contributed by atoms with Crippen molar-refractivity contribution in [3.63, 3.8) is 0 Å². The van der Waals surface area contributed by atoms with Crippen LogP contribution in [0.2, 0.25) is 0 Å². The van der Waals surface area contributed by atoms with E-state index in [1.165, 1.54) is 5.56 Å². The first-order chi connectivity index (χ1) is 6.86. The summed E-state index contributed by atoms with van der Waals surface area (Å²) >= 11 is 0. The van der Waals surface area contributed by atoms with E-state index in [-0.39, 0.29) is 0 Å². The lowest BCUT2D eigenvalue weighted by Crippen LogP contribution is -2.03. The van der Waals surface area contributed by atoms with Crippen molar-refractivity contribution in [3.05, 3.63) is 42.2 Å². The summed E-state index contributed by atoms with van der Waals surface area (Å²) in [6.45, 7) is 0. The first kappa shape index (κ1) is 11.2. The maximum Gasteiger partial charge on any atom is 0.223 e. The van der Waals surface area contributed by atoms with Gasteiger partial charge in [0.1, 0.15) is 0 Å². The Morgan fingerprint density at radius 1 is 1.07 bits per heavy atom. The summed E-state index contributed by atoms with van der Waals surface area (Å²) in [5, 5.41) is 0. The molecule has 0 aliphatic carbocycles. The zero-order valence-corrected chi connectivity index (χ0v) is 8.82. The van der Waals surface area contributed by atoms with Crippen molar-refractivity contribution in [1.82, 2.24) is 0 Å². The van der Waals surface area contributed by atoms with Gasteiger partial charge in [0.2, 0.25) is 6.29 Å². The maximum absolute atomic E-state index is 5.03. The van der Waals surface area contributed by atoms with Crippen molar-refractivity contribution in [1.29, 1.82) is 0 Å². The Morgan fingerprint density at radius 3 is 2.29 bits per heavy atom. The number of benzene rings is 1. The molecule has 14 heavy (non-hydrogen) atoms. The lowest BCUT2D eigenvalue weighted by atomic mass is 10.1. The third-order valence-electron chi connectivity index (χ3n) is 2.14. The van der Waals surface area contributed by atoms with E-state index in [4.69, 9.17) is 9.47 Å². The SMILES string of the molecule is CO[C](CCCc1ccccc1)OC. The molecule has 0 amide bonds. The molecule has 1 radical (unpaired) electrons. The van der Waals surface area contributed by atoms with E-state index in [0.29, 0.717) is 6.29 Å². The molecule has 0 atom stereocenters. The van der Waals surface area contributed by atoms with Gasteiger partial charge in [0.05, 0.1) is 0 Å². The van der Waals surface area contributed by atoms with Gasteiger partial charge in [0.25, 0.3) is 0 Å². The summed E-state index contributed by atoms with van der Waals surface area (Å²) in [7, 11) is 3.28. The number of hydrogen-bond acceptors (Lipinski definition) is 2. The molecule has 1 rings (SSSR count). The number of rotatable bonds is 6. The number of hydrogen-bond donors (Lipinski definition) is 0. The fourth-order valence-electron chi connectivity index (χ4n) is 1.37. The van der Waals surface area contributed by atoms with Crippen LogP contribution in [0.3, 0.4) is 0 Å². The molecule has 0 unspecified atom stereocenters. The van der Waals surface area contributed by atoms with Crippen molar-refractivity contribution in [2.45, 2.75) is 19.3 Å². The standard InChI is InChI=1S/C12H17O2/c1-13-12(14-2)10-6-9-11-7-4-3-5-8-11/h3-5,7-8H,6,9-10H2,1-2H3. The van der Waals surface area contributed by atoms with Gasteiger partial charge in [-0.05, 0) is 18.4 Å². The Hall–Kier alpha value is -0.860. The molecule has 1 aromatic carbocycles. The molecule has 1 aromatic rings. The van der Waals surface area contributed by atoms with Crippen LogP contribution in [0.1, 0.15) is 18.4 Å². The van der Waals surface area contributed by atoms with Crippen LogP contribution in [0.5, 0.6) is 0 Å². The molecule has 0 saturated heterocycles. The minimum atomic E-state index is 0.709. The molecule has 2 nitrogen and oxygen atoms in total. The van der Waals surface area contributed by atoms with E-state index >= 15 is 0 Å². The van der Waals surface area contributed by atoms with Crippen LogP contribution in [0, 0.1) is 6.29 Å². The quantitative estimate of drug-likeness (QED) is 0.691. The molecular weight excluding hydrogens is 176 g/mol. The minimum absolute atomic E-state index is 0.709. The Kier molecular flexibility index (Phi) is 5.27. The van der Waals surface area contributed by atoms with Crippen LogP contribution in [0.4, 0.5) is 0 Å². The average molecular weight is 193 g/mol. The van der Waals surface area contributed by atoms with Crippen molar-refractivity contribution in [3.8, 4) is 0 Å². The first-order valence-electron chi connectivity index (χ1n) is 4.84. The third kappa shape index (κ3) is 3.90. The molecule has 0 aromatic heterocycles. The molecular formula is C12H17O2. The smallest absolute Gasteiger partial charge is 0.223 e. The van der Waals surface area contributed by atoms with Gasteiger partial charge in [-0.1, -0.05) is 30.3 Å². The van der Waals surface area contributed by atoms with Gasteiger partial charge < -0.3 is 9.47 Å². The lowest BCUT2D eigenvalue weighted by molar-refractivity contribution is -0.00348. The van der Waals surface area contributed by atoms with E-state index in [9.17, 15) is 0 Å². The highest BCUT2D eigenvalue weighted by Crippen LogP contribution is 2.13. The lowest BCUT2D eigenvalue weighted by Gasteiger charge is -2.10. The second-order valence-electron chi connectivity index (χ2n) is 3.12. The Bertz CT molecular complexity index is 229. The molecule has 77 valence electrons. The van der Waals surface area contributed by atoms with E-state index in [2.05, 4.69) is 24.3 Å². The van der Waals surface area contributed by atoms with Crippen LogP contribution < -0.4 is 0 Å². The van der Waals surface area contributed by atoms with Crippen molar-refractivity contribution in [2.24, 2.45) is 0 Å². The number of ether oxygens (including phenoxy) is 2. The van der Waals surface area contributed by atoms with Crippen LogP contribution in [0.15, 0.2) is 30.3 Å². The highest BCUT2D eigenvalue weighted by molar-refractivity contribution is 5.14. The highest BCUT2D eigenvalue weighted by Gasteiger charge is 2.06. The van der Waals surface area contributed by atoms with Gasteiger partial charge >= 0.3 is 0 Å². The van der Waals surface area contributed by atoms with Gasteiger partial charge in [-0.15, -0.1) is 0 Å². The largest absolute Gasteiger partial charge is 0.349 e. The van der Waals surface area contributed by atoms with Gasteiger partial charge in [-0.2, -0.15) is 0 Å². The summed E-state index contributed by atoms with van der Waals surface area (Å²) in [5.74, 6) is 0. The fraction of sp³-hybridized carbons (Fsp3) is 0.417. The predicted molar refractivity (Wildman–Crippen MR) is 56.6 cm³/mol. The van der Waals surface area contributed by atoms with Gasteiger partial charge in [-0.3, -0.25) is 0 Å². The van der Waals surface area contributed by atoms with Crippen LogP contribution in [-0.4, -0.2) is 14.2 Å². The normalized spacial score (nSPS) is 10.8. The number of methoxy groups -OCH3 is 2. The summed E-state index contributed by atoms with van der Waals surface area (Å²) in [5.41, 5.74) is 1.36. The van der Waals surface area contributed by atoms with Crippen molar-refractivity contribution < 1.29 is 9.47 Å². The highest BCUT2D eigenvalue weighted by atomic mass is 16.7. The monoisotopic (exact) mass is 193 g/mol. The van der Waals surface area contributed by atoms with Crippen LogP contribution in [-0.2, 0) is 15.9 Å². The summed E-state index contributed by atoms with van der Waals surface area (Å²) in [6, 6.07) is 10.4. The zero-order valence-electron chi connectivity index (χ0n) is 8.82. The first-order valence-corrected chi connectivity index (χ1v) is 4.84. The van der Waals surface area contributed by atoms with Crippen molar-refractivity contribution in [2.75, 3.05) is 14.2 Å². The van der Waals surface area contributed by atoms with E-state index < -0.39 is 0 Å². The van der Waals surface area contributed by atoms with E-state index in [0.717, 1.165) is 19.3 Å². The Labute approximate surface area is 85.8 Å². The molecule has 0 bridgehead atoms. The summed E-state index contributed by atoms with van der Waals surface area (Å²) in [4.78, 5) is 0. The van der Waals surface area contributed by atoms with Crippen molar-refractivity contribution >= 4 is 0 Å². The average Bonchev–Trinajstić information content (AvgIpc) is 2.26. The second-order valence-corrected chi connectivity index (χ2v) is 3.12. The molecule has 0 heterocycles. The molecule has 0 saturated carbocycles. The Balaban J connectivity index is 2.21. The summed E-state index contributed by atoms with van der Waals surface area (Å²) in [6.07, 6.45) is 3.70. The van der Waals surface area contributed by atoms with Crippen LogP contribution >= 0.6 is 0 Å². The van der Waals surface area contributed by atoms with Crippen LogP contribution in [0.25, 0.3) is 0 Å². The molecule has 0 aliphatic heterocycles. The van der Waals surface area contributed by atoms with E-state index in [1.54, 1.807) is 14.2 Å². The topological polar surface area (TPSA) is 18.5 Å². The second kappa shape index (κ2) is 6.57. The number of aryl methyl sites for hydroxylation is 1. The molecule has 0 spiro atoms. The van der Waals surface area contributed by atoms with Gasteiger partial charge in [-0.25, -0.2) is 0 Å². The maximum atomic E-state index is 5.03. The van der Waals surface area contributed by atoms with Gasteiger partial charge in [0, 0.05) is 20.6 Å². The zero-order chi connectivity index (χ0) is 10.2. The predicted octanol–water partition coefficient (Wildman–Crippen LogP) is 2.79. The molecule has 0 aliphatic rings. The minimum Gasteiger partial charge on any atom is -0.349 e. The Morgan fingerprint density at radius 2 is 1.71 bits per heavy atom. The molecule has 2 heteroatoms. The third-order valence-corrected chi connectivity index (χ3v) is 2.14. The fourth-order valence-corrected chi connectivity index (χ4v) is 1.37. The van der Waals surface area contributed by atoms with Gasteiger partial charge in [0.15, 0.2) is 0 Å². The van der Waals surface area contributed by atoms with E-state index in [1.807, 2.05) is 6.07 Å². The molecule has 0 fully saturated rings. The molecule has 0 N–H and O–H groups in total. The summed E-state index contributed by atoms with van der Waals surface area (Å²) < 4.78 is 10.1.